The molecule has 0 radical (unpaired) electrons. The lowest BCUT2D eigenvalue weighted by atomic mass is 9.75. The molecule has 1 saturated heterocycles. The summed E-state index contributed by atoms with van der Waals surface area (Å²) in [4.78, 5) is 11.9. The van der Waals surface area contributed by atoms with Crippen molar-refractivity contribution in [1.82, 2.24) is 4.90 Å². The predicted molar refractivity (Wildman–Crippen MR) is 61.1 cm³/mol. The molecular weight excluding hydrogens is 205 g/mol. The summed E-state index contributed by atoms with van der Waals surface area (Å²) in [6.07, 6.45) is 0.356. The number of piperidine rings is 1. The van der Waals surface area contributed by atoms with Gasteiger partial charge >= 0.3 is 6.16 Å². The molecule has 0 saturated carbocycles. The summed E-state index contributed by atoms with van der Waals surface area (Å²) in [6, 6.07) is 10.2. The van der Waals surface area contributed by atoms with Gasteiger partial charge in [0.05, 0.1) is 0 Å². The van der Waals surface area contributed by atoms with Crippen LogP contribution in [0.2, 0.25) is 0 Å². The molecule has 1 aromatic rings. The second-order valence-electron chi connectivity index (χ2n) is 4.67. The Morgan fingerprint density at radius 1 is 1.25 bits per heavy atom. The van der Waals surface area contributed by atoms with Gasteiger partial charge in [-0.2, -0.15) is 0 Å². The zero-order chi connectivity index (χ0) is 11.6. The van der Waals surface area contributed by atoms with Crippen molar-refractivity contribution in [3.8, 4) is 0 Å². The van der Waals surface area contributed by atoms with E-state index in [0.717, 1.165) is 12.8 Å². The van der Waals surface area contributed by atoms with Crippen molar-refractivity contribution in [2.24, 2.45) is 0 Å². The quantitative estimate of drug-likeness (QED) is 0.527. The number of likely N-dealkylation sites (tertiary alicyclic amines) is 1. The van der Waals surface area contributed by atoms with Gasteiger partial charge in [-0.05, 0) is 23.8 Å². The highest BCUT2D eigenvalue weighted by Gasteiger charge is 2.33. The first-order valence-electron chi connectivity index (χ1n) is 5.62. The molecule has 0 unspecified atom stereocenters. The Morgan fingerprint density at radius 2 is 1.81 bits per heavy atom. The van der Waals surface area contributed by atoms with Gasteiger partial charge in [-0.25, -0.2) is 4.79 Å². The highest BCUT2D eigenvalue weighted by atomic mass is 19.1. The number of carbonyl (C=O) groups excluding carboxylic acids is 1. The molecule has 0 N–H and O–H groups in total. The molecule has 1 fully saturated rings. The summed E-state index contributed by atoms with van der Waals surface area (Å²) < 4.78 is 12.5. The number of amides is 1. The van der Waals surface area contributed by atoms with Crippen LogP contribution in [-0.4, -0.2) is 24.2 Å². The first-order valence-corrected chi connectivity index (χ1v) is 5.62. The molecule has 1 aromatic carbocycles. The minimum atomic E-state index is -1.30. The smallest absolute Gasteiger partial charge is 0.315 e. The minimum absolute atomic E-state index is 0.0766. The van der Waals surface area contributed by atoms with Gasteiger partial charge in [-0.3, -0.25) is 0 Å². The largest absolute Gasteiger partial charge is 0.400 e. The van der Waals surface area contributed by atoms with Gasteiger partial charge in [0.1, 0.15) is 0 Å². The molecule has 0 aromatic heterocycles. The molecule has 0 aliphatic carbocycles. The number of halogens is 1. The molecule has 0 spiro atoms. The average molecular weight is 221 g/mol. The number of hydrogen-bond acceptors (Lipinski definition) is 1. The fourth-order valence-corrected chi connectivity index (χ4v) is 2.31. The Bertz CT molecular complexity index is 369. The van der Waals surface area contributed by atoms with E-state index in [2.05, 4.69) is 19.1 Å². The maximum Gasteiger partial charge on any atom is 0.400 e. The van der Waals surface area contributed by atoms with Crippen LogP contribution in [0.1, 0.15) is 25.3 Å². The molecule has 1 aliphatic rings. The van der Waals surface area contributed by atoms with Crippen LogP contribution in [-0.2, 0) is 5.41 Å². The third-order valence-electron chi connectivity index (χ3n) is 3.59. The van der Waals surface area contributed by atoms with Gasteiger partial charge < -0.3 is 4.90 Å². The third kappa shape index (κ3) is 2.08. The Labute approximate surface area is 95.1 Å². The van der Waals surface area contributed by atoms with Crippen molar-refractivity contribution in [1.29, 1.82) is 0 Å². The van der Waals surface area contributed by atoms with Crippen LogP contribution in [0, 0.1) is 0 Å². The zero-order valence-corrected chi connectivity index (χ0v) is 9.45. The number of benzene rings is 1. The van der Waals surface area contributed by atoms with Crippen molar-refractivity contribution >= 4 is 6.16 Å². The van der Waals surface area contributed by atoms with Gasteiger partial charge in [-0.1, -0.05) is 37.3 Å². The Kier molecular flexibility index (Phi) is 2.95. The lowest BCUT2D eigenvalue weighted by Crippen LogP contribution is -2.42. The van der Waals surface area contributed by atoms with E-state index in [9.17, 15) is 9.18 Å². The van der Waals surface area contributed by atoms with E-state index < -0.39 is 6.16 Å². The normalized spacial score (nSPS) is 19.5. The molecule has 16 heavy (non-hydrogen) atoms. The van der Waals surface area contributed by atoms with E-state index in [1.165, 1.54) is 10.5 Å². The van der Waals surface area contributed by atoms with E-state index in [0.29, 0.717) is 13.1 Å². The average Bonchev–Trinajstić information content (AvgIpc) is 2.31. The van der Waals surface area contributed by atoms with Crippen molar-refractivity contribution in [2.75, 3.05) is 13.1 Å². The second-order valence-corrected chi connectivity index (χ2v) is 4.67. The molecule has 1 heterocycles. The lowest BCUT2D eigenvalue weighted by molar-refractivity contribution is 0.143. The van der Waals surface area contributed by atoms with Crippen LogP contribution in [0.3, 0.4) is 0 Å². The van der Waals surface area contributed by atoms with Crippen LogP contribution in [0.25, 0.3) is 0 Å². The minimum Gasteiger partial charge on any atom is -0.315 e. The summed E-state index contributed by atoms with van der Waals surface area (Å²) in [5.41, 5.74) is 1.36. The monoisotopic (exact) mass is 221 g/mol. The van der Waals surface area contributed by atoms with Gasteiger partial charge in [0, 0.05) is 13.1 Å². The van der Waals surface area contributed by atoms with Gasteiger partial charge in [0.2, 0.25) is 0 Å². The van der Waals surface area contributed by atoms with Crippen LogP contribution in [0.4, 0.5) is 9.18 Å². The molecule has 0 bridgehead atoms. The first-order chi connectivity index (χ1) is 7.62. The molecular formula is C13H16FNO. The zero-order valence-electron chi connectivity index (χ0n) is 9.45. The molecule has 0 atom stereocenters. The van der Waals surface area contributed by atoms with E-state index in [1.807, 2.05) is 18.2 Å². The number of nitrogens with zero attached hydrogens (tertiary/aromatic N) is 1. The maximum absolute atomic E-state index is 12.5. The predicted octanol–water partition coefficient (Wildman–Crippen LogP) is 3.13. The fourth-order valence-electron chi connectivity index (χ4n) is 2.31. The first kappa shape index (κ1) is 11.1. The lowest BCUT2D eigenvalue weighted by Gasteiger charge is -2.38. The van der Waals surface area contributed by atoms with Crippen LogP contribution in [0.15, 0.2) is 30.3 Å². The van der Waals surface area contributed by atoms with Crippen molar-refractivity contribution < 1.29 is 9.18 Å². The maximum atomic E-state index is 12.5. The molecule has 1 aliphatic heterocycles. The van der Waals surface area contributed by atoms with Gasteiger partial charge in [0.15, 0.2) is 0 Å². The molecule has 3 heteroatoms. The third-order valence-corrected chi connectivity index (χ3v) is 3.59. The molecule has 86 valence electrons. The van der Waals surface area contributed by atoms with E-state index in [4.69, 9.17) is 0 Å². The van der Waals surface area contributed by atoms with E-state index >= 15 is 0 Å². The Balaban J connectivity index is 2.10. The number of rotatable bonds is 1. The summed E-state index contributed by atoms with van der Waals surface area (Å²) >= 11 is 0. The van der Waals surface area contributed by atoms with Gasteiger partial charge in [0.25, 0.3) is 0 Å². The molecule has 2 nitrogen and oxygen atoms in total. The number of hydrogen-bond donors (Lipinski definition) is 0. The molecule has 2 rings (SSSR count). The highest BCUT2D eigenvalue weighted by Crippen LogP contribution is 2.34. The summed E-state index contributed by atoms with van der Waals surface area (Å²) in [5.74, 6) is 0. The second kappa shape index (κ2) is 4.24. The number of carbonyl (C=O) groups is 1. The standard InChI is InChI=1S/C13H16FNO/c1-13(11-5-3-2-4-6-11)7-9-15(10-8-13)12(14)16/h2-6H,7-10H2,1H3. The van der Waals surface area contributed by atoms with Crippen LogP contribution >= 0.6 is 0 Å². The van der Waals surface area contributed by atoms with Crippen molar-refractivity contribution in [2.45, 2.75) is 25.2 Å². The summed E-state index contributed by atoms with van der Waals surface area (Å²) in [6.45, 7) is 3.21. The van der Waals surface area contributed by atoms with Crippen molar-refractivity contribution in [3.05, 3.63) is 35.9 Å². The van der Waals surface area contributed by atoms with E-state index in [1.54, 1.807) is 0 Å². The van der Waals surface area contributed by atoms with Gasteiger partial charge in [-0.15, -0.1) is 4.39 Å². The highest BCUT2D eigenvalue weighted by molar-refractivity contribution is 5.66. The van der Waals surface area contributed by atoms with Crippen LogP contribution < -0.4 is 0 Å². The van der Waals surface area contributed by atoms with E-state index in [-0.39, 0.29) is 5.41 Å². The van der Waals surface area contributed by atoms with Crippen molar-refractivity contribution in [3.63, 3.8) is 0 Å². The fraction of sp³-hybridized carbons (Fsp3) is 0.462. The Hall–Kier alpha value is -1.38. The van der Waals surface area contributed by atoms with Crippen LogP contribution in [0.5, 0.6) is 0 Å². The SMILES string of the molecule is CC1(c2ccccc2)CCN(C(=O)F)CC1. The molecule has 1 amide bonds. The Morgan fingerprint density at radius 3 is 2.31 bits per heavy atom. The summed E-state index contributed by atoms with van der Waals surface area (Å²) in [5, 5.41) is 0. The topological polar surface area (TPSA) is 20.3 Å². The summed E-state index contributed by atoms with van der Waals surface area (Å²) in [7, 11) is 0.